The molecule has 98 valence electrons. The number of allylic oxidation sites excluding steroid dienone is 1. The Kier molecular flexibility index (Phi) is 6.94. The Morgan fingerprint density at radius 1 is 1.29 bits per heavy atom. The van der Waals surface area contributed by atoms with E-state index in [0.29, 0.717) is 24.7 Å². The molecule has 0 unspecified atom stereocenters. The maximum Gasteiger partial charge on any atom is 0.336 e. The number of ether oxygens (including phenoxy) is 2. The highest BCUT2D eigenvalue weighted by Crippen LogP contribution is 2.25. The van der Waals surface area contributed by atoms with Gasteiger partial charge in [0.05, 0.1) is 18.8 Å². The van der Waals surface area contributed by atoms with Crippen LogP contribution in [0, 0.1) is 5.92 Å². The highest BCUT2D eigenvalue weighted by atomic mass is 16.5. The van der Waals surface area contributed by atoms with Crippen LogP contribution in [-0.2, 0) is 14.3 Å². The Morgan fingerprint density at radius 2 is 2.00 bits per heavy atom. The summed E-state index contributed by atoms with van der Waals surface area (Å²) in [4.78, 5) is 11.8. The lowest BCUT2D eigenvalue weighted by atomic mass is 9.88. The Labute approximate surface area is 104 Å². The molecular weight excluding hydrogens is 216 g/mol. The molecular formula is C14H24O3. The van der Waals surface area contributed by atoms with Crippen LogP contribution in [0.25, 0.3) is 0 Å². The number of hydrogen-bond donors (Lipinski definition) is 0. The van der Waals surface area contributed by atoms with Crippen LogP contribution in [0.5, 0.6) is 0 Å². The molecule has 0 spiro atoms. The minimum Gasteiger partial charge on any atom is -0.462 e. The molecule has 1 rings (SSSR count). The topological polar surface area (TPSA) is 35.5 Å². The number of carbonyl (C=O) groups excluding carboxylic acids is 1. The molecule has 3 nitrogen and oxygen atoms in total. The zero-order chi connectivity index (χ0) is 12.5. The first-order chi connectivity index (χ1) is 8.27. The van der Waals surface area contributed by atoms with E-state index in [2.05, 4.69) is 6.08 Å². The molecule has 0 aliphatic heterocycles. The fourth-order valence-electron chi connectivity index (χ4n) is 2.20. The second kappa shape index (κ2) is 8.29. The van der Waals surface area contributed by atoms with E-state index in [0.717, 1.165) is 6.42 Å². The van der Waals surface area contributed by atoms with Crippen molar-refractivity contribution < 1.29 is 14.3 Å². The van der Waals surface area contributed by atoms with Gasteiger partial charge in [0.2, 0.25) is 0 Å². The smallest absolute Gasteiger partial charge is 0.336 e. The first-order valence-electron chi connectivity index (χ1n) is 6.64. The maximum atomic E-state index is 11.8. The predicted molar refractivity (Wildman–Crippen MR) is 67.8 cm³/mol. The van der Waals surface area contributed by atoms with Crippen molar-refractivity contribution in [1.82, 2.24) is 0 Å². The van der Waals surface area contributed by atoms with Gasteiger partial charge in [-0.1, -0.05) is 32.3 Å². The van der Waals surface area contributed by atoms with Crippen molar-refractivity contribution in [3.8, 4) is 0 Å². The van der Waals surface area contributed by atoms with Crippen molar-refractivity contribution in [2.75, 3.05) is 20.3 Å². The summed E-state index contributed by atoms with van der Waals surface area (Å²) in [5.74, 6) is 0.322. The second-order valence-corrected chi connectivity index (χ2v) is 4.66. The third kappa shape index (κ3) is 5.35. The molecule has 1 saturated carbocycles. The van der Waals surface area contributed by atoms with E-state index in [4.69, 9.17) is 9.47 Å². The molecule has 3 heteroatoms. The fraction of sp³-hybridized carbons (Fsp3) is 0.786. The third-order valence-corrected chi connectivity index (χ3v) is 3.09. The monoisotopic (exact) mass is 240 g/mol. The van der Waals surface area contributed by atoms with Crippen molar-refractivity contribution in [2.45, 2.75) is 45.4 Å². The first kappa shape index (κ1) is 14.2. The van der Waals surface area contributed by atoms with Crippen molar-refractivity contribution in [1.29, 1.82) is 0 Å². The summed E-state index contributed by atoms with van der Waals surface area (Å²) < 4.78 is 10.2. The van der Waals surface area contributed by atoms with Crippen molar-refractivity contribution in [3.05, 3.63) is 11.6 Å². The number of esters is 1. The highest BCUT2D eigenvalue weighted by Gasteiger charge is 2.16. The van der Waals surface area contributed by atoms with E-state index in [1.807, 2.05) is 6.92 Å². The van der Waals surface area contributed by atoms with Gasteiger partial charge in [0, 0.05) is 7.11 Å². The molecule has 1 fully saturated rings. The van der Waals surface area contributed by atoms with Gasteiger partial charge in [0.25, 0.3) is 0 Å². The van der Waals surface area contributed by atoms with E-state index in [-0.39, 0.29) is 5.97 Å². The lowest BCUT2D eigenvalue weighted by Crippen LogP contribution is -2.15. The summed E-state index contributed by atoms with van der Waals surface area (Å²) >= 11 is 0. The van der Waals surface area contributed by atoms with E-state index in [1.54, 1.807) is 7.11 Å². The molecule has 1 aliphatic rings. The second-order valence-electron chi connectivity index (χ2n) is 4.66. The third-order valence-electron chi connectivity index (χ3n) is 3.09. The van der Waals surface area contributed by atoms with Crippen LogP contribution in [0.4, 0.5) is 0 Å². The van der Waals surface area contributed by atoms with Gasteiger partial charge in [-0.05, 0) is 25.2 Å². The zero-order valence-corrected chi connectivity index (χ0v) is 11.0. The van der Waals surface area contributed by atoms with Crippen LogP contribution >= 0.6 is 0 Å². The summed E-state index contributed by atoms with van der Waals surface area (Å²) in [5.41, 5.74) is 0.688. The quantitative estimate of drug-likeness (QED) is 0.528. The minimum atomic E-state index is -0.209. The molecule has 0 amide bonds. The van der Waals surface area contributed by atoms with E-state index in [9.17, 15) is 4.79 Å². The summed E-state index contributed by atoms with van der Waals surface area (Å²) in [6.45, 7) is 2.84. The van der Waals surface area contributed by atoms with Gasteiger partial charge in [0.15, 0.2) is 0 Å². The van der Waals surface area contributed by atoms with Crippen molar-refractivity contribution >= 4 is 5.97 Å². The SMILES string of the molecule is CCCOC(=O)C(=CC1CCCCC1)COC. The molecule has 17 heavy (non-hydrogen) atoms. The van der Waals surface area contributed by atoms with E-state index < -0.39 is 0 Å². The lowest BCUT2D eigenvalue weighted by Gasteiger charge is -2.19. The van der Waals surface area contributed by atoms with Gasteiger partial charge >= 0.3 is 5.97 Å². The molecule has 0 N–H and O–H groups in total. The van der Waals surface area contributed by atoms with E-state index >= 15 is 0 Å². The van der Waals surface area contributed by atoms with Crippen LogP contribution in [0.3, 0.4) is 0 Å². The van der Waals surface area contributed by atoms with Gasteiger partial charge < -0.3 is 9.47 Å². The average Bonchev–Trinajstić information content (AvgIpc) is 2.36. The van der Waals surface area contributed by atoms with Crippen LogP contribution in [0.15, 0.2) is 11.6 Å². The lowest BCUT2D eigenvalue weighted by molar-refractivity contribution is -0.139. The normalized spacial score (nSPS) is 18.1. The molecule has 1 aliphatic carbocycles. The molecule has 0 bridgehead atoms. The number of hydrogen-bond acceptors (Lipinski definition) is 3. The molecule has 0 saturated heterocycles. The molecule has 0 aromatic heterocycles. The number of rotatable bonds is 6. The summed E-state index contributed by atoms with van der Waals surface area (Å²) in [5, 5.41) is 0. The first-order valence-corrected chi connectivity index (χ1v) is 6.64. The van der Waals surface area contributed by atoms with E-state index in [1.165, 1.54) is 32.1 Å². The molecule has 0 radical (unpaired) electrons. The van der Waals surface area contributed by atoms with Crippen molar-refractivity contribution in [3.63, 3.8) is 0 Å². The van der Waals surface area contributed by atoms with Crippen LogP contribution in [0.1, 0.15) is 45.4 Å². The minimum absolute atomic E-state index is 0.209. The van der Waals surface area contributed by atoms with Crippen LogP contribution in [0.2, 0.25) is 0 Å². The molecule has 0 atom stereocenters. The van der Waals surface area contributed by atoms with Crippen molar-refractivity contribution in [2.24, 2.45) is 5.92 Å². The highest BCUT2D eigenvalue weighted by molar-refractivity contribution is 5.88. The molecule has 0 aromatic rings. The fourth-order valence-corrected chi connectivity index (χ4v) is 2.20. The average molecular weight is 240 g/mol. The maximum absolute atomic E-state index is 11.8. The summed E-state index contributed by atoms with van der Waals surface area (Å²) in [6.07, 6.45) is 9.17. The Morgan fingerprint density at radius 3 is 2.59 bits per heavy atom. The Hall–Kier alpha value is -0.830. The molecule has 0 heterocycles. The predicted octanol–water partition coefficient (Wildman–Crippen LogP) is 3.09. The number of carbonyl (C=O) groups is 1. The number of methoxy groups -OCH3 is 1. The Balaban J connectivity index is 2.55. The standard InChI is InChI=1S/C14H24O3/c1-3-9-17-14(15)13(11-16-2)10-12-7-5-4-6-8-12/h10,12H,3-9,11H2,1-2H3. The largest absolute Gasteiger partial charge is 0.462 e. The van der Waals surface area contributed by atoms with Crippen LogP contribution in [-0.4, -0.2) is 26.3 Å². The van der Waals surface area contributed by atoms with Gasteiger partial charge in [0.1, 0.15) is 0 Å². The van der Waals surface area contributed by atoms with Crippen LogP contribution < -0.4 is 0 Å². The van der Waals surface area contributed by atoms with Gasteiger partial charge in [-0.25, -0.2) is 4.79 Å². The van der Waals surface area contributed by atoms with Gasteiger partial charge in [-0.3, -0.25) is 0 Å². The summed E-state index contributed by atoms with van der Waals surface area (Å²) in [6, 6.07) is 0. The zero-order valence-electron chi connectivity index (χ0n) is 11.0. The van der Waals surface area contributed by atoms with Gasteiger partial charge in [-0.2, -0.15) is 0 Å². The molecule has 0 aromatic carbocycles. The summed E-state index contributed by atoms with van der Waals surface area (Å²) in [7, 11) is 1.61. The van der Waals surface area contributed by atoms with Gasteiger partial charge in [-0.15, -0.1) is 0 Å². The Bertz CT molecular complexity index is 252.